The standard InChI is InChI=1S/C15H12Cl2N4O/c1-2-21-13-7-6-9(8-12(13)19-20-21)15(22)18-11-5-3-4-10(16)14(11)17/h3-8H,2H2,1H3,(H,18,22). The van der Waals surface area contributed by atoms with Crippen molar-refractivity contribution >= 4 is 45.8 Å². The maximum Gasteiger partial charge on any atom is 0.255 e. The van der Waals surface area contributed by atoms with Crippen LogP contribution >= 0.6 is 23.2 Å². The number of fused-ring (bicyclic) bond motifs is 1. The molecular formula is C15H12Cl2N4O. The van der Waals surface area contributed by atoms with E-state index in [2.05, 4.69) is 15.6 Å². The summed E-state index contributed by atoms with van der Waals surface area (Å²) in [7, 11) is 0. The minimum Gasteiger partial charge on any atom is -0.321 e. The van der Waals surface area contributed by atoms with Gasteiger partial charge in [-0.2, -0.15) is 0 Å². The Morgan fingerprint density at radius 2 is 2.09 bits per heavy atom. The molecule has 0 atom stereocenters. The van der Waals surface area contributed by atoms with Crippen molar-refractivity contribution in [1.29, 1.82) is 0 Å². The molecule has 3 rings (SSSR count). The molecule has 0 spiro atoms. The molecule has 0 aliphatic carbocycles. The van der Waals surface area contributed by atoms with Crippen molar-refractivity contribution < 1.29 is 4.79 Å². The summed E-state index contributed by atoms with van der Waals surface area (Å²) in [5.74, 6) is -0.280. The Morgan fingerprint density at radius 3 is 2.86 bits per heavy atom. The molecule has 7 heteroatoms. The second-order valence-electron chi connectivity index (χ2n) is 4.66. The van der Waals surface area contributed by atoms with Gasteiger partial charge < -0.3 is 5.32 Å². The zero-order valence-electron chi connectivity index (χ0n) is 11.7. The quantitative estimate of drug-likeness (QED) is 0.787. The smallest absolute Gasteiger partial charge is 0.255 e. The van der Waals surface area contributed by atoms with Gasteiger partial charge in [0.1, 0.15) is 5.52 Å². The van der Waals surface area contributed by atoms with Crippen molar-refractivity contribution in [2.75, 3.05) is 5.32 Å². The fourth-order valence-corrected chi connectivity index (χ4v) is 2.49. The van der Waals surface area contributed by atoms with Crippen molar-refractivity contribution in [1.82, 2.24) is 15.0 Å². The number of carbonyl (C=O) groups is 1. The average molecular weight is 335 g/mol. The van der Waals surface area contributed by atoms with E-state index >= 15 is 0 Å². The van der Waals surface area contributed by atoms with Gasteiger partial charge in [-0.3, -0.25) is 4.79 Å². The fourth-order valence-electron chi connectivity index (χ4n) is 2.14. The number of halogens is 2. The Hall–Kier alpha value is -2.11. The maximum absolute atomic E-state index is 12.3. The molecule has 0 aliphatic rings. The van der Waals surface area contributed by atoms with Crippen LogP contribution in [0.1, 0.15) is 17.3 Å². The van der Waals surface area contributed by atoms with Gasteiger partial charge in [0.2, 0.25) is 0 Å². The summed E-state index contributed by atoms with van der Waals surface area (Å²) in [6.07, 6.45) is 0. The van der Waals surface area contributed by atoms with Crippen molar-refractivity contribution in [3.63, 3.8) is 0 Å². The molecule has 3 aromatic rings. The fraction of sp³-hybridized carbons (Fsp3) is 0.133. The van der Waals surface area contributed by atoms with Crippen LogP contribution in [0.5, 0.6) is 0 Å². The Labute approximate surface area is 136 Å². The Kier molecular flexibility index (Phi) is 4.00. The van der Waals surface area contributed by atoms with E-state index in [4.69, 9.17) is 23.2 Å². The first-order chi connectivity index (χ1) is 10.6. The molecule has 1 aromatic heterocycles. The van der Waals surface area contributed by atoms with Crippen molar-refractivity contribution in [2.45, 2.75) is 13.5 Å². The van der Waals surface area contributed by atoms with E-state index in [1.807, 2.05) is 13.0 Å². The average Bonchev–Trinajstić information content (AvgIpc) is 2.94. The van der Waals surface area contributed by atoms with Crippen LogP contribution in [0.25, 0.3) is 11.0 Å². The molecule has 0 fully saturated rings. The highest BCUT2D eigenvalue weighted by Gasteiger charge is 2.12. The van der Waals surface area contributed by atoms with E-state index in [-0.39, 0.29) is 5.91 Å². The third kappa shape index (κ3) is 2.65. The number of aromatic nitrogens is 3. The van der Waals surface area contributed by atoms with Crippen LogP contribution in [-0.2, 0) is 6.54 Å². The first kappa shape index (κ1) is 14.8. The van der Waals surface area contributed by atoms with Crippen molar-refractivity contribution in [3.05, 3.63) is 52.0 Å². The summed E-state index contributed by atoms with van der Waals surface area (Å²) in [6, 6.07) is 10.3. The third-order valence-corrected chi connectivity index (χ3v) is 4.09. The lowest BCUT2D eigenvalue weighted by molar-refractivity contribution is 0.102. The Balaban J connectivity index is 1.90. The van der Waals surface area contributed by atoms with Crippen LogP contribution in [0.15, 0.2) is 36.4 Å². The van der Waals surface area contributed by atoms with Gasteiger partial charge in [0.25, 0.3) is 5.91 Å². The monoisotopic (exact) mass is 334 g/mol. The molecular weight excluding hydrogens is 323 g/mol. The molecule has 0 bridgehead atoms. The van der Waals surface area contributed by atoms with Gasteiger partial charge in [-0.1, -0.05) is 34.5 Å². The number of aryl methyl sites for hydroxylation is 1. The summed E-state index contributed by atoms with van der Waals surface area (Å²) in [4.78, 5) is 12.3. The van der Waals surface area contributed by atoms with Crippen LogP contribution in [0.4, 0.5) is 5.69 Å². The number of nitrogens with one attached hydrogen (secondary N) is 1. The van der Waals surface area contributed by atoms with Crippen LogP contribution in [0.3, 0.4) is 0 Å². The molecule has 0 unspecified atom stereocenters. The van der Waals surface area contributed by atoms with Crippen molar-refractivity contribution in [2.24, 2.45) is 0 Å². The molecule has 0 aliphatic heterocycles. The van der Waals surface area contributed by atoms with Gasteiger partial charge in [-0.05, 0) is 37.3 Å². The van der Waals surface area contributed by atoms with E-state index in [9.17, 15) is 4.79 Å². The molecule has 0 saturated heterocycles. The zero-order valence-corrected chi connectivity index (χ0v) is 13.2. The predicted molar refractivity (Wildman–Crippen MR) is 87.6 cm³/mol. The number of carbonyl (C=O) groups excluding carboxylic acids is 1. The number of anilines is 1. The summed E-state index contributed by atoms with van der Waals surface area (Å²) in [5, 5.41) is 11.5. The largest absolute Gasteiger partial charge is 0.321 e. The normalized spacial score (nSPS) is 10.9. The van der Waals surface area contributed by atoms with Crippen LogP contribution < -0.4 is 5.32 Å². The number of nitrogens with zero attached hydrogens (tertiary/aromatic N) is 3. The Bertz CT molecular complexity index is 860. The molecule has 1 N–H and O–H groups in total. The van der Waals surface area contributed by atoms with Gasteiger partial charge in [0, 0.05) is 12.1 Å². The molecule has 1 heterocycles. The van der Waals surface area contributed by atoms with Crippen LogP contribution in [0.2, 0.25) is 10.0 Å². The highest BCUT2D eigenvalue weighted by molar-refractivity contribution is 6.44. The van der Waals surface area contributed by atoms with E-state index in [1.54, 1.807) is 35.0 Å². The summed E-state index contributed by atoms with van der Waals surface area (Å²) >= 11 is 12.0. The predicted octanol–water partition coefficient (Wildman–Crippen LogP) is 4.01. The molecule has 22 heavy (non-hydrogen) atoms. The lowest BCUT2D eigenvalue weighted by atomic mass is 10.2. The molecule has 5 nitrogen and oxygen atoms in total. The van der Waals surface area contributed by atoms with Crippen molar-refractivity contribution in [3.8, 4) is 0 Å². The van der Waals surface area contributed by atoms with Crippen LogP contribution in [-0.4, -0.2) is 20.9 Å². The lowest BCUT2D eigenvalue weighted by Crippen LogP contribution is -2.12. The van der Waals surface area contributed by atoms with E-state index in [0.29, 0.717) is 26.8 Å². The molecule has 1 amide bonds. The van der Waals surface area contributed by atoms with Gasteiger partial charge in [-0.25, -0.2) is 4.68 Å². The highest BCUT2D eigenvalue weighted by atomic mass is 35.5. The summed E-state index contributed by atoms with van der Waals surface area (Å²) in [5.41, 5.74) is 2.51. The molecule has 0 radical (unpaired) electrons. The second-order valence-corrected chi connectivity index (χ2v) is 5.45. The highest BCUT2D eigenvalue weighted by Crippen LogP contribution is 2.29. The maximum atomic E-state index is 12.3. The first-order valence-corrected chi connectivity index (χ1v) is 7.44. The number of benzene rings is 2. The third-order valence-electron chi connectivity index (χ3n) is 3.28. The number of amides is 1. The Morgan fingerprint density at radius 1 is 1.27 bits per heavy atom. The number of hydrogen-bond donors (Lipinski definition) is 1. The first-order valence-electron chi connectivity index (χ1n) is 6.68. The molecule has 0 saturated carbocycles. The number of rotatable bonds is 3. The van der Waals surface area contributed by atoms with Gasteiger partial charge in [-0.15, -0.1) is 5.10 Å². The van der Waals surface area contributed by atoms with E-state index in [0.717, 1.165) is 12.1 Å². The zero-order chi connectivity index (χ0) is 15.7. The minimum absolute atomic E-state index is 0.280. The number of hydrogen-bond acceptors (Lipinski definition) is 3. The SMILES string of the molecule is CCn1nnc2cc(C(=O)Nc3cccc(Cl)c3Cl)ccc21. The second kappa shape index (κ2) is 5.94. The lowest BCUT2D eigenvalue weighted by Gasteiger charge is -2.08. The minimum atomic E-state index is -0.280. The van der Waals surface area contributed by atoms with E-state index in [1.165, 1.54) is 0 Å². The van der Waals surface area contributed by atoms with Gasteiger partial charge in [0.15, 0.2) is 0 Å². The molecule has 2 aromatic carbocycles. The van der Waals surface area contributed by atoms with E-state index < -0.39 is 0 Å². The topological polar surface area (TPSA) is 59.8 Å². The van der Waals surface area contributed by atoms with Crippen LogP contribution in [0, 0.1) is 0 Å². The van der Waals surface area contributed by atoms with Gasteiger partial charge in [0.05, 0.1) is 21.2 Å². The molecule has 112 valence electrons. The summed E-state index contributed by atoms with van der Waals surface area (Å²) < 4.78 is 1.77. The summed E-state index contributed by atoms with van der Waals surface area (Å²) in [6.45, 7) is 2.70. The van der Waals surface area contributed by atoms with Gasteiger partial charge >= 0.3 is 0 Å².